The Balaban J connectivity index is 1.56. The number of hydrogen-bond acceptors (Lipinski definition) is 5. The van der Waals surface area contributed by atoms with E-state index in [1.165, 1.54) is 4.88 Å². The molecule has 140 valence electrons. The number of thiophene rings is 1. The molecule has 0 aliphatic carbocycles. The van der Waals surface area contributed by atoms with E-state index in [-0.39, 0.29) is 6.61 Å². The molecule has 1 saturated heterocycles. The molecule has 26 heavy (non-hydrogen) atoms. The van der Waals surface area contributed by atoms with Crippen LogP contribution in [0.4, 0.5) is 0 Å². The van der Waals surface area contributed by atoms with Gasteiger partial charge in [-0.3, -0.25) is 9.80 Å². The lowest BCUT2D eigenvalue weighted by molar-refractivity contribution is 0.0604. The summed E-state index contributed by atoms with van der Waals surface area (Å²) in [4.78, 5) is 6.39. The molecule has 0 spiro atoms. The van der Waals surface area contributed by atoms with Crippen LogP contribution in [0.15, 0.2) is 47.9 Å². The van der Waals surface area contributed by atoms with Crippen LogP contribution >= 0.6 is 11.3 Å². The number of para-hydroxylation sites is 1. The zero-order valence-electron chi connectivity index (χ0n) is 15.4. The molecule has 1 aliphatic rings. The van der Waals surface area contributed by atoms with Crippen molar-refractivity contribution in [2.45, 2.75) is 19.0 Å². The van der Waals surface area contributed by atoms with Gasteiger partial charge in [0.2, 0.25) is 0 Å². The second-order valence-corrected chi connectivity index (χ2v) is 7.65. The molecule has 1 fully saturated rings. The van der Waals surface area contributed by atoms with E-state index in [2.05, 4.69) is 45.5 Å². The number of piperazine rings is 1. The maximum Gasteiger partial charge on any atom is 0.126 e. The van der Waals surface area contributed by atoms with Crippen molar-refractivity contribution in [2.75, 3.05) is 39.9 Å². The first-order valence-corrected chi connectivity index (χ1v) is 10.1. The molecule has 2 heterocycles. The van der Waals surface area contributed by atoms with Gasteiger partial charge in [0.05, 0.1) is 7.11 Å². The summed E-state index contributed by atoms with van der Waals surface area (Å²) < 4.78 is 5.40. The van der Waals surface area contributed by atoms with Crippen LogP contribution in [-0.4, -0.2) is 60.8 Å². The minimum absolute atomic E-state index is 0.247. The van der Waals surface area contributed by atoms with Crippen molar-refractivity contribution in [1.82, 2.24) is 9.80 Å². The van der Waals surface area contributed by atoms with E-state index >= 15 is 0 Å². The van der Waals surface area contributed by atoms with E-state index in [0.29, 0.717) is 6.04 Å². The Labute approximate surface area is 160 Å². The third-order valence-electron chi connectivity index (χ3n) is 4.89. The first kappa shape index (κ1) is 19.1. The van der Waals surface area contributed by atoms with Crippen molar-refractivity contribution in [3.05, 3.63) is 58.3 Å². The minimum Gasteiger partial charge on any atom is -0.496 e. The summed E-state index contributed by atoms with van der Waals surface area (Å²) in [7, 11) is 1.71. The van der Waals surface area contributed by atoms with Crippen LogP contribution in [0, 0.1) is 0 Å². The van der Waals surface area contributed by atoms with Crippen LogP contribution in [0.25, 0.3) is 6.08 Å². The molecule has 0 radical (unpaired) electrons. The smallest absolute Gasteiger partial charge is 0.126 e. The van der Waals surface area contributed by atoms with E-state index in [9.17, 15) is 5.11 Å². The van der Waals surface area contributed by atoms with Crippen LogP contribution in [-0.2, 0) is 6.54 Å². The Morgan fingerprint density at radius 2 is 2.12 bits per heavy atom. The average molecular weight is 373 g/mol. The predicted octanol–water partition coefficient (Wildman–Crippen LogP) is 3.34. The monoisotopic (exact) mass is 372 g/mol. The number of nitrogens with zero attached hydrogens (tertiary/aromatic N) is 2. The van der Waals surface area contributed by atoms with Gasteiger partial charge in [-0.05, 0) is 23.9 Å². The number of benzene rings is 1. The molecular weight excluding hydrogens is 344 g/mol. The summed E-state index contributed by atoms with van der Waals surface area (Å²) in [5.41, 5.74) is 1.11. The molecule has 5 heteroatoms. The number of ether oxygens (including phenoxy) is 1. The summed E-state index contributed by atoms with van der Waals surface area (Å²) >= 11 is 1.81. The standard InChI is InChI=1S/C21H28N2O2S/c1-25-21-9-3-2-6-18(21)7-4-11-22-12-13-23(19(16-22)10-14-24)17-20-8-5-15-26-20/h2-9,15,19,24H,10-14,16-17H2,1H3/b7-4+/t19-/m0/s1. The zero-order chi connectivity index (χ0) is 18.2. The first-order valence-electron chi connectivity index (χ1n) is 9.19. The van der Waals surface area contributed by atoms with Gasteiger partial charge in [0, 0.05) is 55.8 Å². The van der Waals surface area contributed by atoms with Gasteiger partial charge < -0.3 is 9.84 Å². The van der Waals surface area contributed by atoms with Gasteiger partial charge >= 0.3 is 0 Å². The molecule has 1 atom stereocenters. The van der Waals surface area contributed by atoms with E-state index < -0.39 is 0 Å². The zero-order valence-corrected chi connectivity index (χ0v) is 16.2. The predicted molar refractivity (Wildman–Crippen MR) is 109 cm³/mol. The number of methoxy groups -OCH3 is 1. The maximum absolute atomic E-state index is 9.46. The third kappa shape index (κ3) is 5.17. The van der Waals surface area contributed by atoms with Gasteiger partial charge in [0.25, 0.3) is 0 Å². The highest BCUT2D eigenvalue weighted by atomic mass is 32.1. The van der Waals surface area contributed by atoms with E-state index in [1.54, 1.807) is 7.11 Å². The van der Waals surface area contributed by atoms with Crippen molar-refractivity contribution in [3.63, 3.8) is 0 Å². The molecule has 0 amide bonds. The fourth-order valence-electron chi connectivity index (χ4n) is 3.49. The van der Waals surface area contributed by atoms with Gasteiger partial charge in [0.1, 0.15) is 5.75 Å². The molecule has 0 unspecified atom stereocenters. The van der Waals surface area contributed by atoms with E-state index in [4.69, 9.17) is 4.74 Å². The molecular formula is C21H28N2O2S. The second kappa shape index (κ2) is 9.88. The number of aliphatic hydroxyl groups is 1. The third-order valence-corrected chi connectivity index (χ3v) is 5.75. The lowest BCUT2D eigenvalue weighted by Gasteiger charge is -2.41. The Morgan fingerprint density at radius 3 is 2.88 bits per heavy atom. The van der Waals surface area contributed by atoms with Crippen LogP contribution < -0.4 is 4.74 Å². The summed E-state index contributed by atoms with van der Waals surface area (Å²) in [6, 6.07) is 12.8. The molecule has 3 rings (SSSR count). The Hall–Kier alpha value is -1.66. The number of rotatable bonds is 8. The largest absolute Gasteiger partial charge is 0.496 e. The molecule has 2 aromatic rings. The van der Waals surface area contributed by atoms with E-state index in [1.807, 2.05) is 29.5 Å². The topological polar surface area (TPSA) is 35.9 Å². The fourth-order valence-corrected chi connectivity index (χ4v) is 4.22. The molecule has 4 nitrogen and oxygen atoms in total. The number of aliphatic hydroxyl groups excluding tert-OH is 1. The lowest BCUT2D eigenvalue weighted by Crippen LogP contribution is -2.52. The second-order valence-electron chi connectivity index (χ2n) is 6.62. The molecule has 1 aliphatic heterocycles. The molecule has 1 aromatic carbocycles. The SMILES string of the molecule is COc1ccccc1/C=C/CN1CCN(Cc2cccs2)[C@@H](CCO)C1. The summed E-state index contributed by atoms with van der Waals surface area (Å²) in [5, 5.41) is 11.6. The number of hydrogen-bond donors (Lipinski definition) is 1. The van der Waals surface area contributed by atoms with Crippen molar-refractivity contribution in [1.29, 1.82) is 0 Å². The van der Waals surface area contributed by atoms with Gasteiger partial charge in [-0.2, -0.15) is 0 Å². The highest BCUT2D eigenvalue weighted by Crippen LogP contribution is 2.20. The first-order chi connectivity index (χ1) is 12.8. The Kier molecular flexibility index (Phi) is 7.26. The van der Waals surface area contributed by atoms with E-state index in [0.717, 1.165) is 50.5 Å². The highest BCUT2D eigenvalue weighted by Gasteiger charge is 2.26. The van der Waals surface area contributed by atoms with Gasteiger partial charge in [-0.25, -0.2) is 0 Å². The van der Waals surface area contributed by atoms with Gasteiger partial charge in [-0.1, -0.05) is 36.4 Å². The van der Waals surface area contributed by atoms with Crippen molar-refractivity contribution in [2.24, 2.45) is 0 Å². The Bertz CT molecular complexity index is 687. The minimum atomic E-state index is 0.247. The van der Waals surface area contributed by atoms with Crippen molar-refractivity contribution >= 4 is 17.4 Å². The quantitative estimate of drug-likeness (QED) is 0.771. The molecule has 1 N–H and O–H groups in total. The maximum atomic E-state index is 9.46. The summed E-state index contributed by atoms with van der Waals surface area (Å²) in [6.07, 6.45) is 5.18. The average Bonchev–Trinajstić information content (AvgIpc) is 3.17. The molecule has 0 saturated carbocycles. The normalized spacial score (nSPS) is 19.2. The van der Waals surface area contributed by atoms with Gasteiger partial charge in [0.15, 0.2) is 0 Å². The van der Waals surface area contributed by atoms with Crippen molar-refractivity contribution < 1.29 is 9.84 Å². The summed E-state index contributed by atoms with van der Waals surface area (Å²) in [6.45, 7) is 5.27. The van der Waals surface area contributed by atoms with Crippen molar-refractivity contribution in [3.8, 4) is 5.75 Å². The van der Waals surface area contributed by atoms with Gasteiger partial charge in [-0.15, -0.1) is 11.3 Å². The fraction of sp³-hybridized carbons (Fsp3) is 0.429. The Morgan fingerprint density at radius 1 is 1.23 bits per heavy atom. The molecule has 0 bridgehead atoms. The van der Waals surface area contributed by atoms with Crippen LogP contribution in [0.2, 0.25) is 0 Å². The lowest BCUT2D eigenvalue weighted by atomic mass is 10.1. The van der Waals surface area contributed by atoms with Crippen LogP contribution in [0.1, 0.15) is 16.9 Å². The highest BCUT2D eigenvalue weighted by molar-refractivity contribution is 7.09. The van der Waals surface area contributed by atoms with Crippen LogP contribution in [0.3, 0.4) is 0 Å². The summed E-state index contributed by atoms with van der Waals surface area (Å²) in [5.74, 6) is 0.905. The van der Waals surface area contributed by atoms with Crippen LogP contribution in [0.5, 0.6) is 5.75 Å². The molecule has 1 aromatic heterocycles.